The molecule has 0 amide bonds. The minimum atomic E-state index is -4.39. The fraction of sp³-hybridized carbons (Fsp3) is 0.789. The number of rotatable bonds is 14. The Kier molecular flexibility index (Phi) is 14.3. The van der Waals surface area contributed by atoms with Crippen LogP contribution in [0.1, 0.15) is 71.1 Å². The highest BCUT2D eigenvalue weighted by molar-refractivity contribution is 5.77. The number of hydrogen-bond acceptors (Lipinski definition) is 4. The molecule has 0 rings (SSSR count). The highest BCUT2D eigenvalue weighted by Crippen LogP contribution is 2.23. The third-order valence-electron chi connectivity index (χ3n) is 3.54. The van der Waals surface area contributed by atoms with Crippen LogP contribution in [-0.4, -0.2) is 37.5 Å². The fourth-order valence-electron chi connectivity index (χ4n) is 2.01. The largest absolute Gasteiger partial charge is 0.466 e. The number of esters is 2. The summed E-state index contributed by atoms with van der Waals surface area (Å²) in [6.07, 6.45) is 3.02. The van der Waals surface area contributed by atoms with Crippen molar-refractivity contribution in [3.8, 4) is 11.8 Å². The van der Waals surface area contributed by atoms with E-state index in [0.29, 0.717) is 6.42 Å². The lowest BCUT2D eigenvalue weighted by Crippen LogP contribution is -2.33. The summed E-state index contributed by atoms with van der Waals surface area (Å²) < 4.78 is 57.9. The Morgan fingerprint density at radius 3 is 2.04 bits per heavy atom. The Morgan fingerprint density at radius 2 is 1.44 bits per heavy atom. The van der Waals surface area contributed by atoms with Gasteiger partial charge in [-0.2, -0.15) is 8.78 Å². The van der Waals surface area contributed by atoms with Gasteiger partial charge in [0.1, 0.15) is 0 Å². The Morgan fingerprint density at radius 1 is 0.889 bits per heavy atom. The van der Waals surface area contributed by atoms with Crippen LogP contribution in [0.3, 0.4) is 0 Å². The van der Waals surface area contributed by atoms with Gasteiger partial charge < -0.3 is 9.47 Å². The smallest absolute Gasteiger partial charge is 0.340 e. The SMILES string of the molecule is CCC#CCCCCCCCCOC(=O)CCC(=O)OCC(F)(F)C(F)F. The molecule has 0 bridgehead atoms. The summed E-state index contributed by atoms with van der Waals surface area (Å²) in [6.45, 7) is 0.534. The second-order valence-electron chi connectivity index (χ2n) is 6.02. The third kappa shape index (κ3) is 15.0. The number of hydrogen-bond donors (Lipinski definition) is 0. The van der Waals surface area contributed by atoms with E-state index >= 15 is 0 Å². The Balaban J connectivity index is 3.55. The van der Waals surface area contributed by atoms with Gasteiger partial charge in [0.2, 0.25) is 0 Å². The Hall–Kier alpha value is -1.78. The molecule has 0 radical (unpaired) electrons. The highest BCUT2D eigenvalue weighted by Gasteiger charge is 2.42. The van der Waals surface area contributed by atoms with Crippen LogP contribution in [0.4, 0.5) is 17.6 Å². The first-order chi connectivity index (χ1) is 12.8. The van der Waals surface area contributed by atoms with Crippen molar-refractivity contribution in [2.24, 2.45) is 0 Å². The molecule has 0 N–H and O–H groups in total. The van der Waals surface area contributed by atoms with Gasteiger partial charge in [0.05, 0.1) is 19.4 Å². The van der Waals surface area contributed by atoms with E-state index < -0.39 is 37.3 Å². The quantitative estimate of drug-likeness (QED) is 0.181. The minimum absolute atomic E-state index is 0.222. The van der Waals surface area contributed by atoms with E-state index in [1.807, 2.05) is 6.92 Å². The van der Waals surface area contributed by atoms with Crippen molar-refractivity contribution < 1.29 is 36.6 Å². The summed E-state index contributed by atoms with van der Waals surface area (Å²) in [5.74, 6) is -0.0735. The van der Waals surface area contributed by atoms with Gasteiger partial charge in [0.15, 0.2) is 6.61 Å². The summed E-state index contributed by atoms with van der Waals surface area (Å²) in [7, 11) is 0. The predicted molar refractivity (Wildman–Crippen MR) is 92.5 cm³/mol. The number of ether oxygens (including phenoxy) is 2. The summed E-state index contributed by atoms with van der Waals surface area (Å²) in [4.78, 5) is 22.6. The molecule has 0 saturated carbocycles. The Labute approximate surface area is 158 Å². The molecule has 0 fully saturated rings. The first-order valence-electron chi connectivity index (χ1n) is 9.22. The highest BCUT2D eigenvalue weighted by atomic mass is 19.3. The van der Waals surface area contributed by atoms with E-state index in [2.05, 4.69) is 16.6 Å². The predicted octanol–water partition coefficient (Wildman–Crippen LogP) is 4.90. The zero-order chi connectivity index (χ0) is 20.5. The third-order valence-corrected chi connectivity index (χ3v) is 3.54. The molecule has 0 heterocycles. The molecule has 0 aromatic heterocycles. The average Bonchev–Trinajstić information content (AvgIpc) is 2.62. The molecule has 4 nitrogen and oxygen atoms in total. The molecule has 0 unspecified atom stereocenters. The number of halogens is 4. The average molecular weight is 396 g/mol. The number of carbonyl (C=O) groups excluding carboxylic acids is 2. The summed E-state index contributed by atoms with van der Waals surface area (Å²) in [5, 5.41) is 0. The van der Waals surface area contributed by atoms with Gasteiger partial charge in [-0.15, -0.1) is 11.8 Å². The number of carbonyl (C=O) groups is 2. The topological polar surface area (TPSA) is 52.6 Å². The molecule has 156 valence electrons. The lowest BCUT2D eigenvalue weighted by molar-refractivity contribution is -0.180. The second-order valence-corrected chi connectivity index (χ2v) is 6.02. The molecule has 0 saturated heterocycles. The van der Waals surface area contributed by atoms with Crippen LogP contribution in [0.15, 0.2) is 0 Å². The van der Waals surface area contributed by atoms with Crippen LogP contribution in [0.2, 0.25) is 0 Å². The van der Waals surface area contributed by atoms with Crippen LogP contribution < -0.4 is 0 Å². The van der Waals surface area contributed by atoms with E-state index in [1.165, 1.54) is 0 Å². The first kappa shape index (κ1) is 25.2. The molecule has 0 aliphatic rings. The summed E-state index contributed by atoms with van der Waals surface area (Å²) >= 11 is 0. The van der Waals surface area contributed by atoms with Gasteiger partial charge in [-0.25, -0.2) is 8.78 Å². The van der Waals surface area contributed by atoms with E-state index in [-0.39, 0.29) is 13.0 Å². The van der Waals surface area contributed by atoms with E-state index in [0.717, 1.165) is 44.9 Å². The van der Waals surface area contributed by atoms with Gasteiger partial charge in [-0.1, -0.05) is 32.6 Å². The lowest BCUT2D eigenvalue weighted by atomic mass is 10.1. The van der Waals surface area contributed by atoms with Crippen LogP contribution in [0.25, 0.3) is 0 Å². The molecule has 0 aliphatic heterocycles. The minimum Gasteiger partial charge on any atom is -0.466 e. The molecule has 0 atom stereocenters. The van der Waals surface area contributed by atoms with E-state index in [9.17, 15) is 27.2 Å². The number of alkyl halides is 4. The van der Waals surface area contributed by atoms with Crippen LogP contribution >= 0.6 is 0 Å². The summed E-state index contributed by atoms with van der Waals surface area (Å²) in [6, 6.07) is 0. The zero-order valence-electron chi connectivity index (χ0n) is 15.7. The molecule has 0 aromatic carbocycles. The fourth-order valence-corrected chi connectivity index (χ4v) is 2.01. The van der Waals surface area contributed by atoms with Crippen LogP contribution in [0.5, 0.6) is 0 Å². The molecule has 0 aliphatic carbocycles. The van der Waals surface area contributed by atoms with Crippen LogP contribution in [0, 0.1) is 11.8 Å². The summed E-state index contributed by atoms with van der Waals surface area (Å²) in [5.41, 5.74) is 0. The molecular weight excluding hydrogens is 368 g/mol. The van der Waals surface area contributed by atoms with Crippen molar-refractivity contribution in [2.75, 3.05) is 13.2 Å². The van der Waals surface area contributed by atoms with Crippen molar-refractivity contribution in [3.63, 3.8) is 0 Å². The van der Waals surface area contributed by atoms with E-state index in [1.54, 1.807) is 0 Å². The van der Waals surface area contributed by atoms with Gasteiger partial charge >= 0.3 is 24.3 Å². The maximum Gasteiger partial charge on any atom is 0.340 e. The molecular formula is C19H28F4O4. The molecule has 27 heavy (non-hydrogen) atoms. The van der Waals surface area contributed by atoms with Crippen molar-refractivity contribution in [3.05, 3.63) is 0 Å². The van der Waals surface area contributed by atoms with Gasteiger partial charge in [0.25, 0.3) is 0 Å². The van der Waals surface area contributed by atoms with Gasteiger partial charge in [-0.05, 0) is 12.8 Å². The van der Waals surface area contributed by atoms with Crippen molar-refractivity contribution in [1.29, 1.82) is 0 Å². The van der Waals surface area contributed by atoms with Crippen molar-refractivity contribution in [1.82, 2.24) is 0 Å². The van der Waals surface area contributed by atoms with Crippen molar-refractivity contribution in [2.45, 2.75) is 83.5 Å². The normalized spacial score (nSPS) is 11.0. The number of unbranched alkanes of at least 4 members (excludes halogenated alkanes) is 6. The molecule has 0 spiro atoms. The maximum atomic E-state index is 12.6. The zero-order valence-corrected chi connectivity index (χ0v) is 15.7. The molecule has 0 aromatic rings. The van der Waals surface area contributed by atoms with Gasteiger partial charge in [0, 0.05) is 12.8 Å². The van der Waals surface area contributed by atoms with Gasteiger partial charge in [-0.3, -0.25) is 9.59 Å². The Bertz CT molecular complexity index is 484. The lowest BCUT2D eigenvalue weighted by Gasteiger charge is -2.14. The standard InChI is InChI=1S/C19H28F4O4/c1-2-3-4-5-6-7-8-9-10-11-14-26-16(24)12-13-17(25)27-15-19(22,23)18(20)21/h18H,2,5-15H2,1H3. The van der Waals surface area contributed by atoms with Crippen LogP contribution in [-0.2, 0) is 19.1 Å². The molecule has 8 heteroatoms. The van der Waals surface area contributed by atoms with Crippen molar-refractivity contribution >= 4 is 11.9 Å². The maximum absolute atomic E-state index is 12.6. The van der Waals surface area contributed by atoms with E-state index in [4.69, 9.17) is 4.74 Å². The first-order valence-corrected chi connectivity index (χ1v) is 9.22. The second kappa shape index (κ2) is 15.3. The monoisotopic (exact) mass is 396 g/mol.